The number of nitrogens with one attached hydrogen (secondary N) is 2. The van der Waals surface area contributed by atoms with Crippen LogP contribution in [0.15, 0.2) is 22.5 Å². The van der Waals surface area contributed by atoms with E-state index in [0.717, 1.165) is 35.8 Å². The first-order chi connectivity index (χ1) is 13.2. The molecule has 2 N–H and O–H groups in total. The van der Waals surface area contributed by atoms with Gasteiger partial charge in [0.1, 0.15) is 12.4 Å². The predicted molar refractivity (Wildman–Crippen MR) is 116 cm³/mol. The molecule has 1 saturated carbocycles. The van der Waals surface area contributed by atoms with E-state index in [0.29, 0.717) is 12.6 Å². The van der Waals surface area contributed by atoms with Gasteiger partial charge in [-0.15, -0.1) is 21.5 Å². The lowest BCUT2D eigenvalue weighted by molar-refractivity contribution is 0.419. The number of thiophene rings is 1. The van der Waals surface area contributed by atoms with Gasteiger partial charge in [0.25, 0.3) is 0 Å². The molecule has 2 aromatic rings. The van der Waals surface area contributed by atoms with Crippen LogP contribution in [-0.2, 0) is 20.0 Å². The second-order valence-electron chi connectivity index (χ2n) is 7.01. The molecule has 1 aliphatic carbocycles. The molecule has 6 nitrogen and oxygen atoms in total. The highest BCUT2D eigenvalue weighted by Crippen LogP contribution is 2.26. The Hall–Kier alpha value is -1.54. The van der Waals surface area contributed by atoms with Crippen molar-refractivity contribution in [3.05, 3.63) is 34.0 Å². The maximum Gasteiger partial charge on any atom is 0.191 e. The van der Waals surface area contributed by atoms with Gasteiger partial charge in [0, 0.05) is 29.8 Å². The lowest BCUT2D eigenvalue weighted by Crippen LogP contribution is -2.46. The fourth-order valence-corrected chi connectivity index (χ4v) is 4.87. The summed E-state index contributed by atoms with van der Waals surface area (Å²) in [5.41, 5.74) is 0. The summed E-state index contributed by atoms with van der Waals surface area (Å²) in [5.74, 6) is 2.69. The van der Waals surface area contributed by atoms with Gasteiger partial charge in [-0.05, 0) is 50.3 Å². The fourth-order valence-electron chi connectivity index (χ4n) is 3.33. The molecule has 0 saturated heterocycles. The van der Waals surface area contributed by atoms with Gasteiger partial charge in [0.05, 0.1) is 0 Å². The number of aromatic nitrogens is 3. The van der Waals surface area contributed by atoms with Crippen molar-refractivity contribution in [3.8, 4) is 0 Å². The zero-order valence-corrected chi connectivity index (χ0v) is 18.1. The number of guanidine groups is 1. The molecule has 1 aliphatic rings. The number of hydrogen-bond acceptors (Lipinski definition) is 5. The highest BCUT2D eigenvalue weighted by atomic mass is 32.2. The number of aryl methyl sites for hydroxylation is 1. The van der Waals surface area contributed by atoms with Gasteiger partial charge < -0.3 is 15.2 Å². The molecular weight excluding hydrogens is 376 g/mol. The second-order valence-corrected chi connectivity index (χ2v) is 9.18. The molecule has 2 atom stereocenters. The van der Waals surface area contributed by atoms with Crippen LogP contribution in [0.4, 0.5) is 0 Å². The van der Waals surface area contributed by atoms with Gasteiger partial charge in [0.15, 0.2) is 11.8 Å². The molecular formula is C19H30N6S2. The summed E-state index contributed by atoms with van der Waals surface area (Å²) < 4.78 is 2.00. The van der Waals surface area contributed by atoms with Crippen molar-refractivity contribution in [1.82, 2.24) is 25.4 Å². The molecule has 0 amide bonds. The zero-order chi connectivity index (χ0) is 19.1. The van der Waals surface area contributed by atoms with Crippen molar-refractivity contribution < 1.29 is 0 Å². The van der Waals surface area contributed by atoms with E-state index in [4.69, 9.17) is 4.99 Å². The number of thioether (sulfide) groups is 1. The van der Waals surface area contributed by atoms with E-state index in [9.17, 15) is 0 Å². The molecule has 0 aromatic carbocycles. The van der Waals surface area contributed by atoms with E-state index in [2.05, 4.69) is 44.6 Å². The predicted octanol–water partition coefficient (Wildman–Crippen LogP) is 3.14. The molecule has 148 valence electrons. The van der Waals surface area contributed by atoms with E-state index >= 15 is 0 Å². The van der Waals surface area contributed by atoms with E-state index in [-0.39, 0.29) is 0 Å². The summed E-state index contributed by atoms with van der Waals surface area (Å²) in [6, 6.07) is 4.78. The minimum atomic E-state index is 0.491. The minimum absolute atomic E-state index is 0.491. The van der Waals surface area contributed by atoms with Crippen LogP contribution in [0.5, 0.6) is 0 Å². The smallest absolute Gasteiger partial charge is 0.191 e. The zero-order valence-electron chi connectivity index (χ0n) is 16.4. The van der Waals surface area contributed by atoms with E-state index < -0.39 is 0 Å². The summed E-state index contributed by atoms with van der Waals surface area (Å²) in [5, 5.41) is 18.4. The van der Waals surface area contributed by atoms with Gasteiger partial charge >= 0.3 is 0 Å². The SMILES string of the molecule is CSC1CCCC(NC(=NCc2nnc(C)n2C)NCCc2cccs2)C1. The van der Waals surface area contributed by atoms with Crippen molar-refractivity contribution in [2.45, 2.75) is 56.9 Å². The fraction of sp³-hybridized carbons (Fsp3) is 0.632. The van der Waals surface area contributed by atoms with Crippen LogP contribution in [0.1, 0.15) is 42.2 Å². The van der Waals surface area contributed by atoms with Gasteiger partial charge in [-0.3, -0.25) is 0 Å². The van der Waals surface area contributed by atoms with Crippen LogP contribution in [0.2, 0.25) is 0 Å². The molecule has 3 rings (SSSR count). The van der Waals surface area contributed by atoms with E-state index in [1.165, 1.54) is 30.6 Å². The van der Waals surface area contributed by atoms with Gasteiger partial charge in [-0.1, -0.05) is 12.5 Å². The third kappa shape index (κ3) is 5.97. The molecule has 0 aliphatic heterocycles. The van der Waals surface area contributed by atoms with Gasteiger partial charge in [-0.2, -0.15) is 11.8 Å². The molecule has 0 radical (unpaired) electrons. The van der Waals surface area contributed by atoms with Crippen molar-refractivity contribution in [2.24, 2.45) is 12.0 Å². The summed E-state index contributed by atoms with van der Waals surface area (Å²) in [6.45, 7) is 3.37. The molecule has 2 heterocycles. The third-order valence-corrected chi connectivity index (χ3v) is 7.14. The minimum Gasteiger partial charge on any atom is -0.356 e. The summed E-state index contributed by atoms with van der Waals surface area (Å²) in [6.07, 6.45) is 8.27. The van der Waals surface area contributed by atoms with E-state index in [1.54, 1.807) is 11.3 Å². The van der Waals surface area contributed by atoms with Crippen LogP contribution in [-0.4, -0.2) is 44.8 Å². The van der Waals surface area contributed by atoms with Crippen LogP contribution >= 0.6 is 23.1 Å². The topological polar surface area (TPSA) is 67.1 Å². The van der Waals surface area contributed by atoms with Gasteiger partial charge in [-0.25, -0.2) is 4.99 Å². The lowest BCUT2D eigenvalue weighted by atomic mass is 9.95. The Morgan fingerprint density at radius 2 is 2.30 bits per heavy atom. The van der Waals surface area contributed by atoms with Crippen molar-refractivity contribution in [3.63, 3.8) is 0 Å². The molecule has 2 aromatic heterocycles. The normalized spacial score (nSPS) is 20.6. The summed E-state index contributed by atoms with van der Waals surface area (Å²) in [4.78, 5) is 6.19. The maximum atomic E-state index is 4.80. The Balaban J connectivity index is 1.61. The Kier molecular flexibility index (Phi) is 7.58. The Labute approximate surface area is 170 Å². The number of rotatable bonds is 7. The average molecular weight is 407 g/mol. The number of nitrogens with zero attached hydrogens (tertiary/aromatic N) is 4. The molecule has 1 fully saturated rings. The third-order valence-electron chi connectivity index (χ3n) is 5.11. The monoisotopic (exact) mass is 406 g/mol. The first-order valence-electron chi connectivity index (χ1n) is 9.60. The van der Waals surface area contributed by atoms with Crippen LogP contribution < -0.4 is 10.6 Å². The molecule has 27 heavy (non-hydrogen) atoms. The summed E-state index contributed by atoms with van der Waals surface area (Å²) in [7, 11) is 1.99. The molecule has 0 bridgehead atoms. The molecule has 0 spiro atoms. The highest BCUT2D eigenvalue weighted by Gasteiger charge is 2.22. The van der Waals surface area contributed by atoms with Gasteiger partial charge in [0.2, 0.25) is 0 Å². The molecule has 8 heteroatoms. The van der Waals surface area contributed by atoms with Crippen molar-refractivity contribution in [1.29, 1.82) is 0 Å². The maximum absolute atomic E-state index is 4.80. The average Bonchev–Trinajstić information content (AvgIpc) is 3.31. The van der Waals surface area contributed by atoms with Crippen LogP contribution in [0.3, 0.4) is 0 Å². The van der Waals surface area contributed by atoms with E-state index in [1.807, 2.05) is 30.3 Å². The Morgan fingerprint density at radius 1 is 1.41 bits per heavy atom. The Bertz CT molecular complexity index is 725. The summed E-state index contributed by atoms with van der Waals surface area (Å²) >= 11 is 3.79. The number of aliphatic imine (C=N–C) groups is 1. The van der Waals surface area contributed by atoms with Crippen molar-refractivity contribution in [2.75, 3.05) is 12.8 Å². The van der Waals surface area contributed by atoms with Crippen molar-refractivity contribution >= 4 is 29.1 Å². The standard InChI is InChI=1S/C19H30N6S2/c1-14-23-24-18(25(14)2)13-21-19(20-10-9-16-8-5-11-27-16)22-15-6-4-7-17(12-15)26-3/h5,8,11,15,17H,4,6-7,9-10,12-13H2,1-3H3,(H2,20,21,22). The second kappa shape index (κ2) is 10.1. The largest absolute Gasteiger partial charge is 0.356 e. The first-order valence-corrected chi connectivity index (χ1v) is 11.8. The first kappa shape index (κ1) is 20.2. The highest BCUT2D eigenvalue weighted by molar-refractivity contribution is 7.99. The van der Waals surface area contributed by atoms with Crippen LogP contribution in [0.25, 0.3) is 0 Å². The molecule has 2 unspecified atom stereocenters. The Morgan fingerprint density at radius 3 is 3.00 bits per heavy atom. The van der Waals surface area contributed by atoms with Crippen LogP contribution in [0, 0.1) is 6.92 Å². The number of hydrogen-bond donors (Lipinski definition) is 2. The lowest BCUT2D eigenvalue weighted by Gasteiger charge is -2.30. The quantitative estimate of drug-likeness (QED) is 0.546.